The lowest BCUT2D eigenvalue weighted by Gasteiger charge is -2.41. The Bertz CT molecular complexity index is 1060. The molecule has 0 unspecified atom stereocenters. The van der Waals surface area contributed by atoms with Gasteiger partial charge in [0.2, 0.25) is 5.82 Å². The van der Waals surface area contributed by atoms with Crippen LogP contribution in [0.4, 0.5) is 13.2 Å². The largest absolute Gasteiger partial charge is 0.497 e. The Balaban J connectivity index is 1.65. The van der Waals surface area contributed by atoms with E-state index >= 15 is 0 Å². The minimum absolute atomic E-state index is 0.125. The average molecular weight is 479 g/mol. The second-order valence-electron chi connectivity index (χ2n) is 9.36. The van der Waals surface area contributed by atoms with Gasteiger partial charge in [-0.1, -0.05) is 19.1 Å². The van der Waals surface area contributed by atoms with Crippen molar-refractivity contribution in [3.05, 3.63) is 58.9 Å². The molecule has 3 rings (SSSR count). The molecular weight excluding hydrogens is 451 g/mol. The zero-order chi connectivity index (χ0) is 25.1. The zero-order valence-electron chi connectivity index (χ0n) is 19.3. The Labute approximate surface area is 196 Å². The van der Waals surface area contributed by atoms with Crippen LogP contribution in [-0.2, 0) is 11.4 Å². The van der Waals surface area contributed by atoms with Gasteiger partial charge in [-0.25, -0.2) is 8.78 Å². The van der Waals surface area contributed by atoms with E-state index in [4.69, 9.17) is 9.47 Å². The molecule has 1 fully saturated rings. The number of amides is 1. The summed E-state index contributed by atoms with van der Waals surface area (Å²) in [6, 6.07) is 7.18. The Morgan fingerprint density at radius 3 is 2.21 bits per heavy atom. The molecule has 2 aromatic carbocycles. The molecule has 0 radical (unpaired) electrons. The number of carbonyl (C=O) groups is 2. The average Bonchev–Trinajstić information content (AvgIpc) is 2.82. The Kier molecular flexibility index (Phi) is 7.43. The first-order valence-electron chi connectivity index (χ1n) is 10.9. The van der Waals surface area contributed by atoms with Crippen LogP contribution in [0.25, 0.3) is 0 Å². The molecular formula is C25H28F3NO5. The first-order valence-corrected chi connectivity index (χ1v) is 10.9. The van der Waals surface area contributed by atoms with Crippen LogP contribution >= 0.6 is 0 Å². The van der Waals surface area contributed by atoms with Crippen molar-refractivity contribution < 1.29 is 37.3 Å². The summed E-state index contributed by atoms with van der Waals surface area (Å²) in [6.07, 6.45) is 1.96. The number of carboxylic acid groups (broad SMARTS) is 1. The molecule has 34 heavy (non-hydrogen) atoms. The number of carbonyl (C=O) groups excluding carboxylic acids is 1. The molecule has 1 aliphatic rings. The normalized spacial score (nSPS) is 22.2. The van der Waals surface area contributed by atoms with Gasteiger partial charge in [0.1, 0.15) is 12.4 Å². The molecule has 0 bridgehead atoms. The molecule has 1 aliphatic carbocycles. The predicted molar refractivity (Wildman–Crippen MR) is 118 cm³/mol. The van der Waals surface area contributed by atoms with Crippen molar-refractivity contribution in [1.29, 1.82) is 0 Å². The molecule has 0 saturated heterocycles. The highest BCUT2D eigenvalue weighted by atomic mass is 19.2. The quantitative estimate of drug-likeness (QED) is 0.515. The van der Waals surface area contributed by atoms with Gasteiger partial charge >= 0.3 is 5.97 Å². The van der Waals surface area contributed by atoms with Crippen LogP contribution in [0.5, 0.6) is 11.5 Å². The van der Waals surface area contributed by atoms with Crippen molar-refractivity contribution in [1.82, 2.24) is 5.32 Å². The number of rotatable bonds is 8. The third-order valence-corrected chi connectivity index (χ3v) is 6.66. The van der Waals surface area contributed by atoms with Crippen LogP contribution < -0.4 is 14.8 Å². The van der Waals surface area contributed by atoms with E-state index in [2.05, 4.69) is 5.32 Å². The molecule has 0 aromatic heterocycles. The van der Waals surface area contributed by atoms with Gasteiger partial charge in [-0.15, -0.1) is 0 Å². The molecule has 1 saturated carbocycles. The Morgan fingerprint density at radius 2 is 1.65 bits per heavy atom. The molecule has 0 spiro atoms. The number of aliphatic carboxylic acids is 1. The van der Waals surface area contributed by atoms with Crippen molar-refractivity contribution in [3.63, 3.8) is 0 Å². The van der Waals surface area contributed by atoms with Gasteiger partial charge in [-0.3, -0.25) is 9.59 Å². The third-order valence-electron chi connectivity index (χ3n) is 6.66. The van der Waals surface area contributed by atoms with Crippen molar-refractivity contribution in [2.75, 3.05) is 13.7 Å². The summed E-state index contributed by atoms with van der Waals surface area (Å²) in [5.74, 6) is -6.41. The standard InChI is InChI=1S/C25H28F3NO5/c1-24(8-10-25(2,11-9-24)23(31)32)14-29-22(30)17-12-18(26)21(20(28)19(17)27)34-13-15-4-6-16(33-3)7-5-15/h4-7,12H,8-11,13-14H2,1-3H3,(H,29,30)(H,31,32)/t24-,25+. The fraction of sp³-hybridized carbons (Fsp3) is 0.440. The molecule has 2 N–H and O–H groups in total. The molecule has 6 nitrogen and oxygen atoms in total. The smallest absolute Gasteiger partial charge is 0.309 e. The number of hydrogen-bond acceptors (Lipinski definition) is 4. The minimum atomic E-state index is -1.58. The van der Waals surface area contributed by atoms with Crippen molar-refractivity contribution >= 4 is 11.9 Å². The molecule has 2 aromatic rings. The highest BCUT2D eigenvalue weighted by Gasteiger charge is 2.42. The summed E-state index contributed by atoms with van der Waals surface area (Å²) in [5.41, 5.74) is -1.40. The highest BCUT2D eigenvalue weighted by molar-refractivity contribution is 5.94. The van der Waals surface area contributed by atoms with Gasteiger partial charge in [0, 0.05) is 6.54 Å². The van der Waals surface area contributed by atoms with Crippen molar-refractivity contribution in [2.24, 2.45) is 10.8 Å². The molecule has 0 heterocycles. The van der Waals surface area contributed by atoms with E-state index in [-0.39, 0.29) is 13.2 Å². The Morgan fingerprint density at radius 1 is 1.03 bits per heavy atom. The summed E-state index contributed by atoms with van der Waals surface area (Å²) in [7, 11) is 1.50. The fourth-order valence-corrected chi connectivity index (χ4v) is 3.94. The van der Waals surface area contributed by atoms with E-state index in [1.54, 1.807) is 31.2 Å². The second-order valence-corrected chi connectivity index (χ2v) is 9.36. The number of hydrogen-bond donors (Lipinski definition) is 2. The molecule has 1 amide bonds. The predicted octanol–water partition coefficient (Wildman–Crippen LogP) is 5.09. The second kappa shape index (κ2) is 9.95. The number of benzene rings is 2. The minimum Gasteiger partial charge on any atom is -0.497 e. The maximum absolute atomic E-state index is 14.6. The van der Waals surface area contributed by atoms with Gasteiger partial charge in [-0.05, 0) is 61.8 Å². The topological polar surface area (TPSA) is 84.9 Å². The zero-order valence-corrected chi connectivity index (χ0v) is 19.3. The molecule has 9 heteroatoms. The van der Waals surface area contributed by atoms with Crippen LogP contribution in [0.3, 0.4) is 0 Å². The van der Waals surface area contributed by atoms with Crippen LogP contribution in [0.2, 0.25) is 0 Å². The highest BCUT2D eigenvalue weighted by Crippen LogP contribution is 2.45. The SMILES string of the molecule is COc1ccc(COc2c(F)cc(C(=O)NC[C@]3(C)CC[C@](C)(C(=O)O)CC3)c(F)c2F)cc1. The van der Waals surface area contributed by atoms with Gasteiger partial charge in [0.15, 0.2) is 17.4 Å². The third kappa shape index (κ3) is 5.46. The molecule has 0 atom stereocenters. The maximum Gasteiger partial charge on any atom is 0.309 e. The molecule has 0 aliphatic heterocycles. The van der Waals surface area contributed by atoms with E-state index in [0.29, 0.717) is 43.1 Å². The lowest BCUT2D eigenvalue weighted by atomic mass is 9.65. The number of methoxy groups -OCH3 is 1. The van der Waals surface area contributed by atoms with Crippen LogP contribution in [0, 0.1) is 28.3 Å². The summed E-state index contributed by atoms with van der Waals surface area (Å²) >= 11 is 0. The van der Waals surface area contributed by atoms with Gasteiger partial charge in [-0.2, -0.15) is 4.39 Å². The Hall–Kier alpha value is -3.23. The maximum atomic E-state index is 14.6. The first kappa shape index (κ1) is 25.4. The van der Waals surface area contributed by atoms with Gasteiger partial charge < -0.3 is 19.9 Å². The number of ether oxygens (including phenoxy) is 2. The number of halogens is 3. The van der Waals surface area contributed by atoms with Crippen LogP contribution in [0.15, 0.2) is 30.3 Å². The van der Waals surface area contributed by atoms with E-state index in [9.17, 15) is 27.9 Å². The summed E-state index contributed by atoms with van der Waals surface area (Å²) < 4.78 is 53.8. The van der Waals surface area contributed by atoms with E-state index in [0.717, 1.165) is 0 Å². The molecule has 184 valence electrons. The van der Waals surface area contributed by atoms with E-state index < -0.39 is 51.5 Å². The lowest BCUT2D eigenvalue weighted by molar-refractivity contribution is -0.151. The van der Waals surface area contributed by atoms with Crippen molar-refractivity contribution in [2.45, 2.75) is 46.1 Å². The monoisotopic (exact) mass is 479 g/mol. The first-order chi connectivity index (χ1) is 16.0. The number of carboxylic acids is 1. The van der Waals surface area contributed by atoms with Gasteiger partial charge in [0.05, 0.1) is 18.1 Å². The van der Waals surface area contributed by atoms with E-state index in [1.165, 1.54) is 7.11 Å². The van der Waals surface area contributed by atoms with Gasteiger partial charge in [0.25, 0.3) is 5.91 Å². The summed E-state index contributed by atoms with van der Waals surface area (Å²) in [4.78, 5) is 23.9. The van der Waals surface area contributed by atoms with Crippen LogP contribution in [0.1, 0.15) is 55.5 Å². The van der Waals surface area contributed by atoms with Crippen LogP contribution in [-0.4, -0.2) is 30.6 Å². The fourth-order valence-electron chi connectivity index (χ4n) is 3.94. The summed E-state index contributed by atoms with van der Waals surface area (Å²) in [6.45, 7) is 3.49. The summed E-state index contributed by atoms with van der Waals surface area (Å²) in [5, 5.41) is 11.9. The lowest BCUT2D eigenvalue weighted by Crippen LogP contribution is -2.42. The van der Waals surface area contributed by atoms with E-state index in [1.807, 2.05) is 6.92 Å². The number of nitrogens with one attached hydrogen (secondary N) is 1. The van der Waals surface area contributed by atoms with Crippen molar-refractivity contribution in [3.8, 4) is 11.5 Å².